The summed E-state index contributed by atoms with van der Waals surface area (Å²) in [5.41, 5.74) is 0. The molecule has 0 fully saturated rings. The molecule has 0 saturated heterocycles. The highest BCUT2D eigenvalue weighted by molar-refractivity contribution is 8.00. The molecule has 2 atom stereocenters. The molecule has 8 heteroatoms. The highest BCUT2D eigenvalue weighted by Gasteiger charge is 2.20. The lowest BCUT2D eigenvalue weighted by molar-refractivity contribution is -0.144. The van der Waals surface area contributed by atoms with E-state index in [-0.39, 0.29) is 29.0 Å². The number of carbonyl (C=O) groups excluding carboxylic acids is 2. The van der Waals surface area contributed by atoms with Crippen molar-refractivity contribution in [2.75, 3.05) is 45.2 Å². The van der Waals surface area contributed by atoms with Gasteiger partial charge in [0.2, 0.25) is 0 Å². The number of aliphatic hydroxyl groups is 1. The van der Waals surface area contributed by atoms with Crippen LogP contribution in [0.1, 0.15) is 216 Å². The monoisotopic (exact) mass is 780 g/mol. The van der Waals surface area contributed by atoms with Crippen molar-refractivity contribution in [1.82, 2.24) is 4.90 Å². The van der Waals surface area contributed by atoms with Crippen LogP contribution in [0.5, 0.6) is 0 Å². The van der Waals surface area contributed by atoms with Crippen LogP contribution in [0.2, 0.25) is 0 Å². The average molecular weight is 780 g/mol. The Balaban J connectivity index is -0.00000181. The Morgan fingerprint density at radius 3 is 1.44 bits per heavy atom. The number of hydrogen-bond donors (Lipinski definition) is 2. The van der Waals surface area contributed by atoms with Crippen LogP contribution in [0.15, 0.2) is 0 Å². The minimum absolute atomic E-state index is 0.00273. The van der Waals surface area contributed by atoms with Crippen molar-refractivity contribution in [1.29, 1.82) is 0 Å². The number of ether oxygens (including phenoxy) is 2. The van der Waals surface area contributed by atoms with Crippen molar-refractivity contribution in [2.24, 2.45) is 0 Å². The molecule has 52 heavy (non-hydrogen) atoms. The number of esters is 2. The van der Waals surface area contributed by atoms with E-state index < -0.39 is 0 Å². The molecule has 0 aromatic heterocycles. The minimum atomic E-state index is -0.288. The summed E-state index contributed by atoms with van der Waals surface area (Å²) >= 11 is 6.18. The normalized spacial score (nSPS) is 11.7. The molecule has 0 bridgehead atoms. The maximum atomic E-state index is 12.8. The summed E-state index contributed by atoms with van der Waals surface area (Å²) in [6, 6.07) is 0. The fourth-order valence-corrected chi connectivity index (χ4v) is 6.98. The summed E-state index contributed by atoms with van der Waals surface area (Å²) in [6.45, 7) is 23.1. The first kappa shape index (κ1) is 58.3. The number of unbranched alkanes of at least 4 members (excludes halogenated alkanes) is 16. The molecule has 316 valence electrons. The molecule has 0 aliphatic heterocycles. The lowest BCUT2D eigenvalue weighted by atomic mass is 10.1. The van der Waals surface area contributed by atoms with Gasteiger partial charge in [-0.3, -0.25) is 9.59 Å². The van der Waals surface area contributed by atoms with Crippen LogP contribution in [-0.2, 0) is 19.1 Å². The molecular formula is C44H93NO5S2. The van der Waals surface area contributed by atoms with Crippen molar-refractivity contribution in [3.63, 3.8) is 0 Å². The van der Waals surface area contributed by atoms with Gasteiger partial charge in [0.1, 0.15) is 5.25 Å². The number of hydrogen-bond acceptors (Lipinski definition) is 8. The summed E-state index contributed by atoms with van der Waals surface area (Å²) in [5, 5.41) is 8.93. The number of rotatable bonds is 36. The van der Waals surface area contributed by atoms with Crippen molar-refractivity contribution < 1.29 is 24.2 Å². The van der Waals surface area contributed by atoms with E-state index in [1.54, 1.807) is 0 Å². The molecular weight excluding hydrogens is 687 g/mol. The first-order valence-corrected chi connectivity index (χ1v) is 24.0. The Hall–Kier alpha value is -0.440. The number of carbonyl (C=O) groups is 2. The summed E-state index contributed by atoms with van der Waals surface area (Å²) in [7, 11) is 0. The molecule has 0 aromatic rings. The van der Waals surface area contributed by atoms with Gasteiger partial charge in [-0.15, -0.1) is 11.8 Å². The molecule has 0 aromatic carbocycles. The van der Waals surface area contributed by atoms with Crippen molar-refractivity contribution >= 4 is 36.3 Å². The van der Waals surface area contributed by atoms with E-state index in [1.165, 1.54) is 51.4 Å². The zero-order chi connectivity index (χ0) is 39.9. The molecule has 0 aliphatic carbocycles. The summed E-state index contributed by atoms with van der Waals surface area (Å²) < 4.78 is 11.1. The van der Waals surface area contributed by atoms with Gasteiger partial charge in [0.05, 0.1) is 18.5 Å². The van der Waals surface area contributed by atoms with Crippen molar-refractivity contribution in [3.8, 4) is 0 Å². The second kappa shape index (κ2) is 52.7. The molecule has 0 rings (SSSR count). The van der Waals surface area contributed by atoms with Gasteiger partial charge in [0.15, 0.2) is 0 Å². The predicted molar refractivity (Wildman–Crippen MR) is 236 cm³/mol. The summed E-state index contributed by atoms with van der Waals surface area (Å²) in [6.07, 6.45) is 27.1. The molecule has 0 saturated carbocycles. The van der Waals surface area contributed by atoms with E-state index in [1.807, 2.05) is 53.3 Å². The lowest BCUT2D eigenvalue weighted by Crippen LogP contribution is -2.27. The van der Waals surface area contributed by atoms with Crippen LogP contribution >= 0.6 is 24.4 Å². The molecule has 1 N–H and O–H groups in total. The minimum Gasteiger partial charge on any atom is -0.465 e. The molecule has 2 unspecified atom stereocenters. The van der Waals surface area contributed by atoms with E-state index >= 15 is 0 Å². The summed E-state index contributed by atoms with van der Waals surface area (Å²) in [5.74, 6) is 0.896. The largest absolute Gasteiger partial charge is 0.465 e. The van der Waals surface area contributed by atoms with Crippen molar-refractivity contribution in [3.05, 3.63) is 0 Å². The highest BCUT2D eigenvalue weighted by atomic mass is 32.2. The highest BCUT2D eigenvalue weighted by Crippen LogP contribution is 2.22. The SMILES string of the molecule is CC.CC.CC.CCCCCCCCCCSC(CCCC)C(=O)OCCCCCCN(CCCCO)CCCCCCOC(=O)C(S)CCCC. The maximum absolute atomic E-state index is 12.8. The van der Waals surface area contributed by atoms with E-state index in [4.69, 9.17) is 9.47 Å². The Bertz CT molecular complexity index is 671. The van der Waals surface area contributed by atoms with E-state index in [2.05, 4.69) is 38.3 Å². The smallest absolute Gasteiger partial charge is 0.319 e. The molecule has 0 radical (unpaired) electrons. The molecule has 6 nitrogen and oxygen atoms in total. The number of thiol groups is 1. The van der Waals surface area contributed by atoms with Gasteiger partial charge in [-0.2, -0.15) is 12.6 Å². The standard InChI is InChI=1S/C38H75NO5S2.3C2H6/c1-4-7-10-11-12-13-18-25-34-46-36(27-9-6-3)38(42)44-33-24-17-15-20-29-39(30-21-22-31-40)28-19-14-16-23-32-43-37(41)35(45)26-8-5-2;3*1-2/h35-36,40,45H,4-34H2,1-3H3;3*1-2H3. The number of thioether (sulfide) groups is 1. The molecule has 0 heterocycles. The first-order valence-electron chi connectivity index (χ1n) is 22.5. The van der Waals surface area contributed by atoms with Gasteiger partial charge >= 0.3 is 11.9 Å². The lowest BCUT2D eigenvalue weighted by Gasteiger charge is -2.22. The average Bonchev–Trinajstić information content (AvgIpc) is 3.18. The fourth-order valence-electron chi connectivity index (χ4n) is 5.53. The second-order valence-corrected chi connectivity index (χ2v) is 15.0. The Kier molecular flexibility index (Phi) is 59.0. The van der Waals surface area contributed by atoms with E-state index in [9.17, 15) is 14.7 Å². The van der Waals surface area contributed by atoms with Crippen LogP contribution < -0.4 is 0 Å². The van der Waals surface area contributed by atoms with Gasteiger partial charge in [-0.1, -0.05) is 159 Å². The Labute approximate surface area is 336 Å². The quantitative estimate of drug-likeness (QED) is 0.0372. The van der Waals surface area contributed by atoms with Gasteiger partial charge in [0.25, 0.3) is 0 Å². The third-order valence-electron chi connectivity index (χ3n) is 8.61. The Morgan fingerprint density at radius 1 is 0.538 bits per heavy atom. The van der Waals surface area contributed by atoms with Crippen LogP contribution in [0.3, 0.4) is 0 Å². The number of aliphatic hydroxyl groups excluding tert-OH is 1. The van der Waals surface area contributed by atoms with Gasteiger partial charge in [-0.25, -0.2) is 0 Å². The summed E-state index contributed by atoms with van der Waals surface area (Å²) in [4.78, 5) is 27.3. The zero-order valence-electron chi connectivity index (χ0n) is 36.5. The van der Waals surface area contributed by atoms with Crippen LogP contribution in [0.4, 0.5) is 0 Å². The van der Waals surface area contributed by atoms with Crippen LogP contribution in [0.25, 0.3) is 0 Å². The first-order chi connectivity index (χ1) is 25.5. The third-order valence-corrected chi connectivity index (χ3v) is 10.4. The van der Waals surface area contributed by atoms with E-state index in [0.717, 1.165) is 128 Å². The molecule has 0 spiro atoms. The van der Waals surface area contributed by atoms with Crippen molar-refractivity contribution in [2.45, 2.75) is 227 Å². The second-order valence-electron chi connectivity index (χ2n) is 13.1. The topological polar surface area (TPSA) is 76.1 Å². The van der Waals surface area contributed by atoms with Gasteiger partial charge in [0, 0.05) is 6.61 Å². The fraction of sp³-hybridized carbons (Fsp3) is 0.955. The van der Waals surface area contributed by atoms with Gasteiger partial charge < -0.3 is 19.5 Å². The zero-order valence-corrected chi connectivity index (χ0v) is 38.2. The van der Waals surface area contributed by atoms with Gasteiger partial charge in [-0.05, 0) is 83.2 Å². The predicted octanol–water partition coefficient (Wildman–Crippen LogP) is 13.3. The van der Waals surface area contributed by atoms with Crippen LogP contribution in [-0.4, -0.2) is 77.7 Å². The van der Waals surface area contributed by atoms with Crippen LogP contribution in [0, 0.1) is 0 Å². The third kappa shape index (κ3) is 44.0. The Morgan fingerprint density at radius 2 is 0.942 bits per heavy atom. The number of nitrogens with zero attached hydrogens (tertiary/aromatic N) is 1. The van der Waals surface area contributed by atoms with E-state index in [0.29, 0.717) is 13.2 Å². The maximum Gasteiger partial charge on any atom is 0.319 e. The molecule has 0 aliphatic rings. The molecule has 0 amide bonds.